The van der Waals surface area contributed by atoms with E-state index < -0.39 is 32.1 Å². The van der Waals surface area contributed by atoms with Crippen molar-refractivity contribution in [1.29, 1.82) is 0 Å². The Hall–Kier alpha value is -2.83. The minimum absolute atomic E-state index is 0.0875. The number of hydrogen-bond acceptors (Lipinski definition) is 4. The number of nitrogens with zero attached hydrogens (tertiary/aromatic N) is 1. The number of carbonyl (C=O) groups excluding carboxylic acids is 1. The molecule has 9 heteroatoms. The first-order valence-corrected chi connectivity index (χ1v) is 19.3. The van der Waals surface area contributed by atoms with Gasteiger partial charge in [0.05, 0.1) is 0 Å². The first-order chi connectivity index (χ1) is 19.2. The van der Waals surface area contributed by atoms with Gasteiger partial charge in [0.25, 0.3) is 0 Å². The van der Waals surface area contributed by atoms with Crippen molar-refractivity contribution in [2.24, 2.45) is 0 Å². The van der Waals surface area contributed by atoms with E-state index in [0.29, 0.717) is 17.9 Å². The molecule has 216 valence electrons. The molecular weight excluding hydrogens is 622 g/mol. The summed E-state index contributed by atoms with van der Waals surface area (Å²) in [6.45, 7) is 10.7. The number of aromatic amines is 1. The van der Waals surface area contributed by atoms with Crippen LogP contribution in [-0.4, -0.2) is 50.4 Å². The van der Waals surface area contributed by atoms with Crippen molar-refractivity contribution < 1.29 is 23.0 Å². The van der Waals surface area contributed by atoms with Crippen LogP contribution in [0.5, 0.6) is 11.5 Å². The van der Waals surface area contributed by atoms with E-state index >= 15 is 0 Å². The van der Waals surface area contributed by atoms with Gasteiger partial charge < -0.3 is 0 Å². The SMILES string of the molecule is CC.CCOC1(c2cc(/C(=C\N(C)C=O)c3cc([NH][Sb]([CH3])[CH2]C)ccc3Oc3ccc(F)cc3F)c(C)[nH]2)CC1. The van der Waals surface area contributed by atoms with Crippen molar-refractivity contribution in [2.45, 2.75) is 62.3 Å². The summed E-state index contributed by atoms with van der Waals surface area (Å²) in [6.07, 6.45) is 4.34. The van der Waals surface area contributed by atoms with Crippen LogP contribution in [0.2, 0.25) is 9.24 Å². The Kier molecular flexibility index (Phi) is 11.2. The Labute approximate surface area is 244 Å². The van der Waals surface area contributed by atoms with E-state index in [9.17, 15) is 13.6 Å². The molecule has 0 radical (unpaired) electrons. The second-order valence-electron chi connectivity index (χ2n) is 9.48. The van der Waals surface area contributed by atoms with Crippen molar-refractivity contribution in [3.8, 4) is 11.5 Å². The molecule has 2 N–H and O–H groups in total. The molecule has 1 heterocycles. The van der Waals surface area contributed by atoms with Crippen molar-refractivity contribution >= 4 is 38.2 Å². The molecule has 0 spiro atoms. The van der Waals surface area contributed by atoms with Crippen LogP contribution in [-0.2, 0) is 15.1 Å². The third kappa shape index (κ3) is 7.46. The van der Waals surface area contributed by atoms with Gasteiger partial charge >= 0.3 is 231 Å². The zero-order chi connectivity index (χ0) is 29.4. The number of H-pyrrole nitrogens is 1. The van der Waals surface area contributed by atoms with Crippen LogP contribution in [0.4, 0.5) is 14.5 Å². The van der Waals surface area contributed by atoms with Crippen LogP contribution < -0.4 is 8.21 Å². The molecule has 2 aromatic carbocycles. The number of aromatic nitrogens is 1. The third-order valence-corrected chi connectivity index (χ3v) is 11.1. The predicted molar refractivity (Wildman–Crippen MR) is 159 cm³/mol. The van der Waals surface area contributed by atoms with Crippen LogP contribution >= 0.6 is 0 Å². The number of nitrogens with one attached hydrogen (secondary N) is 2. The van der Waals surface area contributed by atoms with Gasteiger partial charge in [0.1, 0.15) is 0 Å². The standard InChI is InChI=1S/C26H26F2N3O3.C2H6.C2H5.CH3.Sb/c1-4-33-26(9-10-26)25-13-19(16(2)30-25)21(14-31(3)15-32)20-12-18(29)6-8-23(20)34-24-7-5-17(27)11-22(24)28;2*1-2;;/h5-8,11-15,29-30H,4,9-10H2,1-3H3;1-2H3;1H2,2H3;1H3;/q-1;;;;+1/b21-14+;;;;. The monoisotopic (exact) mass is 661 g/mol. The normalized spacial score (nSPS) is 13.9. The Morgan fingerprint density at radius 3 is 2.40 bits per heavy atom. The number of amides is 1. The molecule has 1 amide bonds. The number of carbonyl (C=O) groups is 1. The molecule has 3 aromatic rings. The van der Waals surface area contributed by atoms with Crippen LogP contribution in [0.15, 0.2) is 48.7 Å². The van der Waals surface area contributed by atoms with Crippen LogP contribution in [0.25, 0.3) is 5.57 Å². The zero-order valence-electron chi connectivity index (χ0n) is 24.4. The molecular formula is C31H40F2N3O3Sb. The Bertz CT molecular complexity index is 1340. The molecule has 1 aliphatic carbocycles. The van der Waals surface area contributed by atoms with E-state index in [1.54, 1.807) is 19.3 Å². The fraction of sp³-hybridized carbons (Fsp3) is 0.387. The van der Waals surface area contributed by atoms with Gasteiger partial charge in [0.2, 0.25) is 0 Å². The van der Waals surface area contributed by atoms with Crippen molar-refractivity contribution in [3.63, 3.8) is 0 Å². The van der Waals surface area contributed by atoms with E-state index in [-0.39, 0.29) is 11.4 Å². The third-order valence-electron chi connectivity index (χ3n) is 6.60. The number of halogens is 2. The van der Waals surface area contributed by atoms with Gasteiger partial charge in [-0.25, -0.2) is 0 Å². The Morgan fingerprint density at radius 1 is 1.10 bits per heavy atom. The maximum absolute atomic E-state index is 14.6. The topological polar surface area (TPSA) is 66.6 Å². The van der Waals surface area contributed by atoms with Crippen LogP contribution in [0, 0.1) is 18.6 Å². The number of rotatable bonds is 12. The van der Waals surface area contributed by atoms with E-state index in [1.807, 2.05) is 39.8 Å². The van der Waals surface area contributed by atoms with Crippen LogP contribution in [0.1, 0.15) is 63.1 Å². The fourth-order valence-electron chi connectivity index (χ4n) is 4.36. The molecule has 0 aliphatic heterocycles. The van der Waals surface area contributed by atoms with Gasteiger partial charge in [-0.05, 0) is 0 Å². The second-order valence-corrected chi connectivity index (χ2v) is 15.9. The molecule has 0 saturated heterocycles. The molecule has 0 atom stereocenters. The predicted octanol–water partition coefficient (Wildman–Crippen LogP) is 7.98. The van der Waals surface area contributed by atoms with Gasteiger partial charge in [0.15, 0.2) is 0 Å². The molecule has 4 rings (SSSR count). The summed E-state index contributed by atoms with van der Waals surface area (Å²) in [5, 5.41) is 0. The quantitative estimate of drug-likeness (QED) is 0.153. The average molecular weight is 662 g/mol. The van der Waals surface area contributed by atoms with Gasteiger partial charge in [-0.15, -0.1) is 0 Å². The van der Waals surface area contributed by atoms with Crippen molar-refractivity contribution in [3.05, 3.63) is 82.8 Å². The van der Waals surface area contributed by atoms with E-state index in [1.165, 1.54) is 11.0 Å². The summed E-state index contributed by atoms with van der Waals surface area (Å²) in [4.78, 5) is 18.9. The Morgan fingerprint density at radius 2 is 1.80 bits per heavy atom. The van der Waals surface area contributed by atoms with Gasteiger partial charge in [-0.2, -0.15) is 0 Å². The molecule has 40 heavy (non-hydrogen) atoms. The summed E-state index contributed by atoms with van der Waals surface area (Å²) in [7, 11) is 1.66. The number of anilines is 1. The molecule has 1 aromatic heterocycles. The van der Waals surface area contributed by atoms with E-state index in [4.69, 9.17) is 9.47 Å². The first-order valence-electron chi connectivity index (χ1n) is 13.7. The summed E-state index contributed by atoms with van der Waals surface area (Å²) in [6, 6.07) is 11.0. The van der Waals surface area contributed by atoms with Gasteiger partial charge in [-0.3, -0.25) is 0 Å². The molecule has 1 saturated carbocycles. The van der Waals surface area contributed by atoms with Gasteiger partial charge in [0, 0.05) is 0 Å². The fourth-order valence-corrected chi connectivity index (χ4v) is 6.46. The summed E-state index contributed by atoms with van der Waals surface area (Å²) >= 11 is -1.65. The van der Waals surface area contributed by atoms with Gasteiger partial charge in [-0.1, -0.05) is 13.8 Å². The molecule has 1 fully saturated rings. The molecule has 6 nitrogen and oxygen atoms in total. The molecule has 0 bridgehead atoms. The summed E-state index contributed by atoms with van der Waals surface area (Å²) in [5.41, 5.74) is 4.79. The maximum atomic E-state index is 14.6. The van der Waals surface area contributed by atoms with Crippen LogP contribution in [0.3, 0.4) is 0 Å². The first kappa shape index (κ1) is 31.7. The second kappa shape index (κ2) is 14.2. The van der Waals surface area contributed by atoms with Crippen molar-refractivity contribution in [1.82, 2.24) is 9.88 Å². The Balaban J connectivity index is 0.00000216. The van der Waals surface area contributed by atoms with E-state index in [2.05, 4.69) is 26.3 Å². The number of hydrogen-bond donors (Lipinski definition) is 2. The number of aryl methyl sites for hydroxylation is 1. The zero-order valence-corrected chi connectivity index (χ0v) is 27.0. The summed E-state index contributed by atoms with van der Waals surface area (Å²) in [5.74, 6) is -1.18. The van der Waals surface area contributed by atoms with E-state index in [0.717, 1.165) is 64.0 Å². The summed E-state index contributed by atoms with van der Waals surface area (Å²) < 4.78 is 45.0. The molecule has 0 unspecified atom stereocenters. The number of benzene rings is 2. The molecule has 1 aliphatic rings. The average Bonchev–Trinajstić information content (AvgIpc) is 3.63. The number of ether oxygens (including phenoxy) is 2. The minimum atomic E-state index is -1.65. The van der Waals surface area contributed by atoms with Crippen molar-refractivity contribution in [2.75, 3.05) is 17.1 Å².